The third kappa shape index (κ3) is 7.38. The van der Waals surface area contributed by atoms with Crippen LogP contribution in [0.4, 0.5) is 0 Å². The molecule has 0 bridgehead atoms. The summed E-state index contributed by atoms with van der Waals surface area (Å²) in [5.41, 5.74) is 1.52. The molecule has 64 valence electrons. The van der Waals surface area contributed by atoms with Crippen LogP contribution in [0, 0.1) is 0 Å². The van der Waals surface area contributed by atoms with Crippen LogP contribution in [0.25, 0.3) is 0 Å². The lowest BCUT2D eigenvalue weighted by molar-refractivity contribution is 0.684. The molecule has 0 spiro atoms. The van der Waals surface area contributed by atoms with Gasteiger partial charge in [-0.1, -0.05) is 24.1 Å². The molecule has 0 aromatic heterocycles. The Morgan fingerprint density at radius 1 is 1.27 bits per heavy atom. The standard InChI is InChI=1S/C11H20/c1-4-6-7-8-9-10-11(3)5-2/h4-5H,1,6-10H2,2-3H3. The second-order valence-electron chi connectivity index (χ2n) is 3.02. The van der Waals surface area contributed by atoms with Crippen molar-refractivity contribution in [3.05, 3.63) is 24.3 Å². The highest BCUT2D eigenvalue weighted by atomic mass is 13.9. The van der Waals surface area contributed by atoms with Gasteiger partial charge >= 0.3 is 0 Å². The van der Waals surface area contributed by atoms with E-state index in [0.29, 0.717) is 0 Å². The lowest BCUT2D eigenvalue weighted by Crippen LogP contribution is -1.78. The van der Waals surface area contributed by atoms with Crippen LogP contribution in [0.5, 0.6) is 0 Å². The summed E-state index contributed by atoms with van der Waals surface area (Å²) in [4.78, 5) is 0. The predicted molar refractivity (Wildman–Crippen MR) is 52.7 cm³/mol. The average molecular weight is 152 g/mol. The topological polar surface area (TPSA) is 0 Å². The van der Waals surface area contributed by atoms with Gasteiger partial charge in [-0.05, 0) is 39.5 Å². The van der Waals surface area contributed by atoms with Crippen LogP contribution in [0.1, 0.15) is 46.0 Å². The first-order valence-corrected chi connectivity index (χ1v) is 4.54. The van der Waals surface area contributed by atoms with Crippen LogP contribution in [0.15, 0.2) is 24.3 Å². The molecule has 0 N–H and O–H groups in total. The summed E-state index contributed by atoms with van der Waals surface area (Å²) in [5.74, 6) is 0. The minimum atomic E-state index is 1.18. The summed E-state index contributed by atoms with van der Waals surface area (Å²) in [6.45, 7) is 8.01. The fraction of sp³-hybridized carbons (Fsp3) is 0.636. The summed E-state index contributed by atoms with van der Waals surface area (Å²) >= 11 is 0. The van der Waals surface area contributed by atoms with Gasteiger partial charge < -0.3 is 0 Å². The number of hydrogen-bond donors (Lipinski definition) is 0. The van der Waals surface area contributed by atoms with E-state index in [2.05, 4.69) is 26.5 Å². The Kier molecular flexibility index (Phi) is 7.23. The number of allylic oxidation sites excluding steroid dienone is 3. The SMILES string of the molecule is C=CCCCCCC(C)=CC. The third-order valence-corrected chi connectivity index (χ3v) is 1.97. The van der Waals surface area contributed by atoms with Crippen molar-refractivity contribution in [1.29, 1.82) is 0 Å². The number of unbranched alkanes of at least 4 members (excludes halogenated alkanes) is 3. The fourth-order valence-corrected chi connectivity index (χ4v) is 1.01. The minimum absolute atomic E-state index is 1.18. The van der Waals surface area contributed by atoms with Gasteiger partial charge in [-0.2, -0.15) is 0 Å². The smallest absolute Gasteiger partial charge is 0.0323 e. The van der Waals surface area contributed by atoms with Crippen LogP contribution in [-0.2, 0) is 0 Å². The van der Waals surface area contributed by atoms with Crippen molar-refractivity contribution in [2.75, 3.05) is 0 Å². The van der Waals surface area contributed by atoms with E-state index in [9.17, 15) is 0 Å². The maximum atomic E-state index is 3.70. The van der Waals surface area contributed by atoms with Crippen LogP contribution in [-0.4, -0.2) is 0 Å². The van der Waals surface area contributed by atoms with E-state index >= 15 is 0 Å². The van der Waals surface area contributed by atoms with Crippen LogP contribution >= 0.6 is 0 Å². The lowest BCUT2D eigenvalue weighted by atomic mass is 10.1. The zero-order valence-electron chi connectivity index (χ0n) is 7.90. The van der Waals surface area contributed by atoms with Gasteiger partial charge in [0.15, 0.2) is 0 Å². The van der Waals surface area contributed by atoms with E-state index < -0.39 is 0 Å². The Morgan fingerprint density at radius 2 is 2.00 bits per heavy atom. The van der Waals surface area contributed by atoms with Gasteiger partial charge in [0.05, 0.1) is 0 Å². The summed E-state index contributed by atoms with van der Waals surface area (Å²) in [5, 5.41) is 0. The molecule has 0 atom stereocenters. The normalized spacial score (nSPS) is 11.6. The molecule has 11 heavy (non-hydrogen) atoms. The van der Waals surface area contributed by atoms with E-state index in [1.807, 2.05) is 6.08 Å². The van der Waals surface area contributed by atoms with Crippen LogP contribution in [0.3, 0.4) is 0 Å². The quantitative estimate of drug-likeness (QED) is 0.397. The molecule has 0 aromatic rings. The molecule has 0 radical (unpaired) electrons. The molecular weight excluding hydrogens is 132 g/mol. The molecule has 0 aromatic carbocycles. The average Bonchev–Trinajstić information content (AvgIpc) is 2.04. The molecule has 0 aliphatic heterocycles. The van der Waals surface area contributed by atoms with Gasteiger partial charge in [0.1, 0.15) is 0 Å². The molecule has 0 unspecified atom stereocenters. The highest BCUT2D eigenvalue weighted by Gasteiger charge is 1.88. The van der Waals surface area contributed by atoms with Crippen molar-refractivity contribution in [2.45, 2.75) is 46.0 Å². The molecule has 0 aliphatic rings. The van der Waals surface area contributed by atoms with Crippen molar-refractivity contribution < 1.29 is 0 Å². The molecule has 0 rings (SSSR count). The second-order valence-corrected chi connectivity index (χ2v) is 3.02. The maximum Gasteiger partial charge on any atom is -0.0323 e. The predicted octanol–water partition coefficient (Wildman–Crippen LogP) is 4.09. The number of rotatable bonds is 6. The largest absolute Gasteiger partial charge is 0.103 e. The summed E-state index contributed by atoms with van der Waals surface area (Å²) in [7, 11) is 0. The lowest BCUT2D eigenvalue weighted by Gasteiger charge is -1.98. The summed E-state index contributed by atoms with van der Waals surface area (Å²) < 4.78 is 0. The maximum absolute atomic E-state index is 3.70. The van der Waals surface area contributed by atoms with E-state index in [-0.39, 0.29) is 0 Å². The minimum Gasteiger partial charge on any atom is -0.103 e. The Labute approximate surface area is 71.0 Å². The van der Waals surface area contributed by atoms with Crippen molar-refractivity contribution in [3.8, 4) is 0 Å². The molecule has 0 heterocycles. The third-order valence-electron chi connectivity index (χ3n) is 1.97. The van der Waals surface area contributed by atoms with E-state index in [0.717, 1.165) is 0 Å². The van der Waals surface area contributed by atoms with Crippen molar-refractivity contribution >= 4 is 0 Å². The van der Waals surface area contributed by atoms with Crippen molar-refractivity contribution in [2.24, 2.45) is 0 Å². The summed E-state index contributed by atoms with van der Waals surface area (Å²) in [6.07, 6.45) is 10.6. The highest BCUT2D eigenvalue weighted by Crippen LogP contribution is 2.08. The molecule has 0 heteroatoms. The first-order chi connectivity index (χ1) is 5.31. The fourth-order valence-electron chi connectivity index (χ4n) is 1.01. The van der Waals surface area contributed by atoms with E-state index in [1.54, 1.807) is 0 Å². The zero-order chi connectivity index (χ0) is 8.53. The molecular formula is C11H20. The molecule has 0 amide bonds. The monoisotopic (exact) mass is 152 g/mol. The highest BCUT2D eigenvalue weighted by molar-refractivity contribution is 4.94. The van der Waals surface area contributed by atoms with E-state index in [1.165, 1.54) is 37.7 Å². The Morgan fingerprint density at radius 3 is 2.55 bits per heavy atom. The second kappa shape index (κ2) is 7.59. The Hall–Kier alpha value is -0.520. The number of hydrogen-bond acceptors (Lipinski definition) is 0. The first kappa shape index (κ1) is 10.5. The van der Waals surface area contributed by atoms with Crippen molar-refractivity contribution in [3.63, 3.8) is 0 Å². The first-order valence-electron chi connectivity index (χ1n) is 4.54. The Bertz CT molecular complexity index is 120. The van der Waals surface area contributed by atoms with Gasteiger partial charge in [0.25, 0.3) is 0 Å². The van der Waals surface area contributed by atoms with Crippen LogP contribution in [0.2, 0.25) is 0 Å². The summed E-state index contributed by atoms with van der Waals surface area (Å²) in [6, 6.07) is 0. The van der Waals surface area contributed by atoms with Gasteiger partial charge in [-0.15, -0.1) is 6.58 Å². The van der Waals surface area contributed by atoms with Gasteiger partial charge in [-0.3, -0.25) is 0 Å². The molecule has 0 fully saturated rings. The molecule has 0 aliphatic carbocycles. The molecule has 0 saturated heterocycles. The Balaban J connectivity index is 3.08. The van der Waals surface area contributed by atoms with E-state index in [4.69, 9.17) is 0 Å². The van der Waals surface area contributed by atoms with Gasteiger partial charge in [0, 0.05) is 0 Å². The van der Waals surface area contributed by atoms with Crippen LogP contribution < -0.4 is 0 Å². The molecule has 0 nitrogen and oxygen atoms in total. The molecule has 0 saturated carbocycles. The van der Waals surface area contributed by atoms with Gasteiger partial charge in [-0.25, -0.2) is 0 Å². The van der Waals surface area contributed by atoms with Crippen molar-refractivity contribution in [1.82, 2.24) is 0 Å². The zero-order valence-corrected chi connectivity index (χ0v) is 7.90. The van der Waals surface area contributed by atoms with Gasteiger partial charge in [0.2, 0.25) is 0 Å².